The van der Waals surface area contributed by atoms with E-state index in [1.54, 1.807) is 12.4 Å². The Labute approximate surface area is 151 Å². The fourth-order valence-corrected chi connectivity index (χ4v) is 4.34. The number of nitrogens with zero attached hydrogens (tertiary/aromatic N) is 4. The van der Waals surface area contributed by atoms with Crippen LogP contribution in [0.25, 0.3) is 0 Å². The Kier molecular flexibility index (Phi) is 3.68. The van der Waals surface area contributed by atoms with Crippen molar-refractivity contribution in [1.29, 1.82) is 0 Å². The molecule has 1 aliphatic carbocycles. The predicted octanol–water partition coefficient (Wildman–Crippen LogP) is 3.61. The van der Waals surface area contributed by atoms with Gasteiger partial charge in [-0.2, -0.15) is 0 Å². The second kappa shape index (κ2) is 5.92. The van der Waals surface area contributed by atoms with Crippen LogP contribution in [0.15, 0.2) is 30.6 Å². The van der Waals surface area contributed by atoms with E-state index >= 15 is 0 Å². The van der Waals surface area contributed by atoms with Gasteiger partial charge in [0.1, 0.15) is 18.0 Å². The quantitative estimate of drug-likeness (QED) is 0.835. The van der Waals surface area contributed by atoms with Gasteiger partial charge in [0.2, 0.25) is 0 Å². The molecule has 1 saturated carbocycles. The van der Waals surface area contributed by atoms with E-state index in [-0.39, 0.29) is 5.82 Å². The van der Waals surface area contributed by atoms with Crippen molar-refractivity contribution in [1.82, 2.24) is 14.9 Å². The summed E-state index contributed by atoms with van der Waals surface area (Å²) in [5, 5.41) is 0.520. The van der Waals surface area contributed by atoms with Gasteiger partial charge in [0, 0.05) is 54.4 Å². The van der Waals surface area contributed by atoms with Crippen molar-refractivity contribution in [2.24, 2.45) is 0 Å². The van der Waals surface area contributed by atoms with Crippen molar-refractivity contribution in [3.8, 4) is 0 Å². The highest BCUT2D eigenvalue weighted by Gasteiger charge is 2.45. The van der Waals surface area contributed by atoms with Gasteiger partial charge in [0.25, 0.3) is 0 Å². The molecule has 0 spiro atoms. The highest BCUT2D eigenvalue weighted by atomic mass is 35.5. The van der Waals surface area contributed by atoms with Gasteiger partial charge in [-0.15, -0.1) is 0 Å². The molecule has 0 N–H and O–H groups in total. The molecular formula is C19H20ClFN4. The molecule has 2 atom stereocenters. The Hall–Kier alpha value is -1.72. The van der Waals surface area contributed by atoms with E-state index < -0.39 is 0 Å². The first kappa shape index (κ1) is 15.5. The predicted molar refractivity (Wildman–Crippen MR) is 95.4 cm³/mol. The molecule has 6 rings (SSSR count). The van der Waals surface area contributed by atoms with Crippen molar-refractivity contribution < 1.29 is 4.39 Å². The van der Waals surface area contributed by atoms with Gasteiger partial charge in [0.05, 0.1) is 0 Å². The summed E-state index contributed by atoms with van der Waals surface area (Å²) in [6.07, 6.45) is 5.44. The van der Waals surface area contributed by atoms with E-state index in [1.165, 1.54) is 37.1 Å². The van der Waals surface area contributed by atoms with Crippen LogP contribution in [0.4, 0.5) is 10.2 Å². The van der Waals surface area contributed by atoms with Crippen molar-refractivity contribution in [2.45, 2.75) is 43.8 Å². The minimum atomic E-state index is -0.279. The summed E-state index contributed by atoms with van der Waals surface area (Å²) in [5.74, 6) is 1.43. The van der Waals surface area contributed by atoms with Crippen molar-refractivity contribution >= 4 is 17.4 Å². The molecule has 2 unspecified atom stereocenters. The topological polar surface area (TPSA) is 32.3 Å². The second-order valence-corrected chi connectivity index (χ2v) is 7.84. The molecule has 4 aliphatic rings. The maximum absolute atomic E-state index is 13.2. The highest BCUT2D eigenvalue weighted by molar-refractivity contribution is 6.31. The largest absolute Gasteiger partial charge is 0.353 e. The number of anilines is 1. The average Bonchev–Trinajstić information content (AvgIpc) is 3.46. The summed E-state index contributed by atoms with van der Waals surface area (Å²) < 4.78 is 13.2. The van der Waals surface area contributed by atoms with E-state index in [0.29, 0.717) is 23.0 Å². The van der Waals surface area contributed by atoms with Crippen LogP contribution < -0.4 is 4.90 Å². The third kappa shape index (κ3) is 2.89. The third-order valence-corrected chi connectivity index (χ3v) is 6.06. The number of fused-ring (bicyclic) bond motifs is 2. The number of halogens is 2. The zero-order valence-corrected chi connectivity index (χ0v) is 14.7. The Morgan fingerprint density at radius 1 is 1.12 bits per heavy atom. The van der Waals surface area contributed by atoms with Crippen LogP contribution in [0, 0.1) is 5.82 Å². The second-order valence-electron chi connectivity index (χ2n) is 7.43. The van der Waals surface area contributed by atoms with E-state index in [2.05, 4.69) is 25.8 Å². The van der Waals surface area contributed by atoms with Gasteiger partial charge in [0.15, 0.2) is 0 Å². The standard InChI is InChI=1S/C19H20ClFN4/c20-17-5-14(21)4-3-13(17)8-25-15-6-16(25)10-24(9-15)19-7-18(12-1-2-12)22-11-23-19/h3-5,7,11-12,15-16H,1-2,6,8-10H2. The first-order valence-electron chi connectivity index (χ1n) is 8.94. The van der Waals surface area contributed by atoms with E-state index in [4.69, 9.17) is 11.6 Å². The zero-order valence-electron chi connectivity index (χ0n) is 13.9. The van der Waals surface area contributed by atoms with E-state index in [9.17, 15) is 4.39 Å². The molecule has 4 heterocycles. The Bertz CT molecular complexity index is 798. The Morgan fingerprint density at radius 2 is 1.92 bits per heavy atom. The van der Waals surface area contributed by atoms with Gasteiger partial charge in [-0.05, 0) is 37.0 Å². The maximum atomic E-state index is 13.2. The van der Waals surface area contributed by atoms with Crippen molar-refractivity contribution in [3.63, 3.8) is 0 Å². The third-order valence-electron chi connectivity index (χ3n) is 5.71. The molecule has 1 aromatic carbocycles. The summed E-state index contributed by atoms with van der Waals surface area (Å²) in [7, 11) is 0. The molecule has 4 fully saturated rings. The molecule has 3 saturated heterocycles. The minimum absolute atomic E-state index is 0.279. The van der Waals surface area contributed by atoms with Gasteiger partial charge in [-0.25, -0.2) is 14.4 Å². The first-order valence-corrected chi connectivity index (χ1v) is 9.32. The van der Waals surface area contributed by atoms with E-state index in [1.807, 2.05) is 0 Å². The minimum Gasteiger partial charge on any atom is -0.353 e. The zero-order chi connectivity index (χ0) is 17.0. The number of hydrogen-bond donors (Lipinski definition) is 0. The number of benzene rings is 1. The van der Waals surface area contributed by atoms with Gasteiger partial charge >= 0.3 is 0 Å². The monoisotopic (exact) mass is 358 g/mol. The number of aromatic nitrogens is 2. The van der Waals surface area contributed by atoms with Gasteiger partial charge in [-0.3, -0.25) is 4.90 Å². The lowest BCUT2D eigenvalue weighted by Gasteiger charge is -2.56. The molecular weight excluding hydrogens is 339 g/mol. The molecule has 25 heavy (non-hydrogen) atoms. The fourth-order valence-electron chi connectivity index (χ4n) is 4.12. The van der Waals surface area contributed by atoms with Crippen LogP contribution in [0.2, 0.25) is 5.02 Å². The number of piperidine rings is 1. The molecule has 2 aromatic rings. The fraction of sp³-hybridized carbons (Fsp3) is 0.474. The SMILES string of the molecule is Fc1ccc(CN2C3CC2CN(c2cc(C4CC4)ncn2)C3)c(Cl)c1. The number of piperazine rings is 1. The maximum Gasteiger partial charge on any atom is 0.132 e. The highest BCUT2D eigenvalue weighted by Crippen LogP contribution is 2.40. The summed E-state index contributed by atoms with van der Waals surface area (Å²) >= 11 is 6.19. The van der Waals surface area contributed by atoms with Gasteiger partial charge < -0.3 is 4.90 Å². The van der Waals surface area contributed by atoms with Crippen molar-refractivity contribution in [3.05, 3.63) is 52.7 Å². The summed E-state index contributed by atoms with van der Waals surface area (Å²) in [6.45, 7) is 2.76. The Balaban J connectivity index is 1.28. The normalized spacial score (nSPS) is 25.8. The van der Waals surface area contributed by atoms with Crippen LogP contribution in [0.1, 0.15) is 36.4 Å². The summed E-state index contributed by atoms with van der Waals surface area (Å²) in [5.41, 5.74) is 2.20. The van der Waals surface area contributed by atoms with Crippen LogP contribution in [-0.2, 0) is 6.54 Å². The molecule has 0 amide bonds. The molecule has 2 bridgehead atoms. The molecule has 3 aliphatic heterocycles. The van der Waals surface area contributed by atoms with Crippen LogP contribution in [-0.4, -0.2) is 40.0 Å². The smallest absolute Gasteiger partial charge is 0.132 e. The number of rotatable bonds is 4. The summed E-state index contributed by atoms with van der Waals surface area (Å²) in [4.78, 5) is 13.8. The lowest BCUT2D eigenvalue weighted by atomic mass is 9.86. The lowest BCUT2D eigenvalue weighted by molar-refractivity contribution is -0.00868. The lowest BCUT2D eigenvalue weighted by Crippen LogP contribution is -2.68. The average molecular weight is 359 g/mol. The molecule has 130 valence electrons. The van der Waals surface area contributed by atoms with Crippen LogP contribution in [0.5, 0.6) is 0 Å². The first-order chi connectivity index (χ1) is 12.2. The van der Waals surface area contributed by atoms with Gasteiger partial charge in [-0.1, -0.05) is 17.7 Å². The number of hydrogen-bond acceptors (Lipinski definition) is 4. The van der Waals surface area contributed by atoms with Crippen LogP contribution in [0.3, 0.4) is 0 Å². The van der Waals surface area contributed by atoms with Crippen LogP contribution >= 0.6 is 11.6 Å². The molecule has 6 heteroatoms. The summed E-state index contributed by atoms with van der Waals surface area (Å²) in [6, 6.07) is 7.89. The molecule has 4 nitrogen and oxygen atoms in total. The Morgan fingerprint density at radius 3 is 2.64 bits per heavy atom. The molecule has 1 aromatic heterocycles. The van der Waals surface area contributed by atoms with Crippen molar-refractivity contribution in [2.75, 3.05) is 18.0 Å². The van der Waals surface area contributed by atoms with E-state index in [0.717, 1.165) is 31.0 Å². The molecule has 0 radical (unpaired) electrons.